The van der Waals surface area contributed by atoms with E-state index in [-0.39, 0.29) is 0 Å². The van der Waals surface area contributed by atoms with Crippen LogP contribution in [0.4, 0.5) is 23.3 Å². The van der Waals surface area contributed by atoms with E-state index in [0.717, 1.165) is 25.2 Å². The molecule has 1 aliphatic heterocycles. The molecule has 1 aliphatic carbocycles. The zero-order chi connectivity index (χ0) is 25.4. The summed E-state index contributed by atoms with van der Waals surface area (Å²) in [6.45, 7) is 9.98. The molecule has 8 nitrogen and oxygen atoms in total. The number of hydrogen-bond acceptors (Lipinski definition) is 8. The highest BCUT2D eigenvalue weighted by atomic mass is 31.2. The number of pyridine rings is 1. The summed E-state index contributed by atoms with van der Waals surface area (Å²) in [4.78, 5) is 16.0. The van der Waals surface area contributed by atoms with Crippen molar-refractivity contribution in [3.8, 4) is 6.07 Å². The molecular formula is C27H32N7OP. The van der Waals surface area contributed by atoms with Crippen molar-refractivity contribution < 1.29 is 4.57 Å². The first-order valence-electron chi connectivity index (χ1n) is 12.4. The summed E-state index contributed by atoms with van der Waals surface area (Å²) in [6, 6.07) is 12.4. The van der Waals surface area contributed by atoms with Crippen molar-refractivity contribution in [1.82, 2.24) is 19.9 Å². The van der Waals surface area contributed by atoms with Crippen LogP contribution in [0, 0.1) is 11.3 Å². The second-order valence-corrected chi connectivity index (χ2v) is 13.5. The second-order valence-electron chi connectivity index (χ2n) is 10.4. The number of nitriles is 1. The molecule has 36 heavy (non-hydrogen) atoms. The summed E-state index contributed by atoms with van der Waals surface area (Å²) < 4.78 is 12.5. The topological polar surface area (TPSA) is 107 Å². The Balaban J connectivity index is 1.44. The van der Waals surface area contributed by atoms with Gasteiger partial charge in [-0.05, 0) is 93.3 Å². The molecule has 9 heteroatoms. The molecule has 0 saturated heterocycles. The Hall–Kier alpha value is -3.27. The molecule has 0 saturated carbocycles. The lowest BCUT2D eigenvalue weighted by Gasteiger charge is -2.40. The van der Waals surface area contributed by atoms with E-state index in [9.17, 15) is 9.83 Å². The van der Waals surface area contributed by atoms with E-state index in [1.165, 1.54) is 30.2 Å². The van der Waals surface area contributed by atoms with Crippen molar-refractivity contribution in [2.24, 2.45) is 0 Å². The number of anilines is 4. The number of benzene rings is 1. The third-order valence-corrected chi connectivity index (χ3v) is 8.37. The Morgan fingerprint density at radius 2 is 1.97 bits per heavy atom. The molecule has 0 bridgehead atoms. The summed E-state index contributed by atoms with van der Waals surface area (Å²) in [5, 5.41) is 16.1. The van der Waals surface area contributed by atoms with Crippen LogP contribution in [0.15, 0.2) is 36.5 Å². The molecule has 2 aromatic heterocycles. The van der Waals surface area contributed by atoms with Crippen molar-refractivity contribution in [2.75, 3.05) is 30.5 Å². The highest BCUT2D eigenvalue weighted by Crippen LogP contribution is 2.41. The van der Waals surface area contributed by atoms with E-state index in [1.54, 1.807) is 37.1 Å². The highest BCUT2D eigenvalue weighted by Gasteiger charge is 2.31. The Kier molecular flexibility index (Phi) is 6.55. The van der Waals surface area contributed by atoms with Crippen molar-refractivity contribution in [2.45, 2.75) is 51.6 Å². The van der Waals surface area contributed by atoms with Crippen molar-refractivity contribution in [1.29, 1.82) is 5.26 Å². The Morgan fingerprint density at radius 1 is 1.17 bits per heavy atom. The van der Waals surface area contributed by atoms with Gasteiger partial charge in [0.1, 0.15) is 30.0 Å². The molecule has 1 atom stereocenters. The Labute approximate surface area is 212 Å². The molecule has 1 aromatic carbocycles. The highest BCUT2D eigenvalue weighted by molar-refractivity contribution is 7.69. The van der Waals surface area contributed by atoms with Crippen LogP contribution in [0.2, 0.25) is 0 Å². The number of aromatic nitrogens is 3. The van der Waals surface area contributed by atoms with Gasteiger partial charge >= 0.3 is 0 Å². The van der Waals surface area contributed by atoms with Crippen molar-refractivity contribution in [3.05, 3.63) is 58.8 Å². The largest absolute Gasteiger partial charge is 0.324 e. The average molecular weight is 502 g/mol. The minimum Gasteiger partial charge on any atom is -0.324 e. The molecule has 0 radical (unpaired) electrons. The quantitative estimate of drug-likeness (QED) is 0.448. The molecule has 0 fully saturated rings. The minimum atomic E-state index is -2.52. The maximum absolute atomic E-state index is 12.5. The number of nitrogens with zero attached hydrogens (tertiary/aromatic N) is 5. The lowest BCUT2D eigenvalue weighted by Crippen LogP contribution is -2.39. The number of nitrogens with one attached hydrogen (secondary N) is 2. The summed E-state index contributed by atoms with van der Waals surface area (Å²) in [5.41, 5.74) is 6.14. The monoisotopic (exact) mass is 501 g/mol. The molecule has 3 heterocycles. The van der Waals surface area contributed by atoms with Gasteiger partial charge in [0.05, 0.1) is 6.20 Å². The van der Waals surface area contributed by atoms with Crippen LogP contribution in [-0.4, -0.2) is 45.8 Å². The molecule has 1 unspecified atom stereocenters. The van der Waals surface area contributed by atoms with Gasteiger partial charge in [0, 0.05) is 24.8 Å². The predicted molar refractivity (Wildman–Crippen MR) is 144 cm³/mol. The fourth-order valence-corrected chi connectivity index (χ4v) is 5.99. The number of rotatable bonds is 6. The van der Waals surface area contributed by atoms with Gasteiger partial charge < -0.3 is 15.2 Å². The van der Waals surface area contributed by atoms with Crippen LogP contribution in [0.5, 0.6) is 0 Å². The van der Waals surface area contributed by atoms with Crippen LogP contribution >= 0.6 is 7.14 Å². The molecule has 0 spiro atoms. The summed E-state index contributed by atoms with van der Waals surface area (Å²) in [7, 11) is -2.52. The van der Waals surface area contributed by atoms with Crippen LogP contribution in [-0.2, 0) is 17.5 Å². The first-order valence-corrected chi connectivity index (χ1v) is 15.0. The van der Waals surface area contributed by atoms with Gasteiger partial charge in [0.15, 0.2) is 5.82 Å². The van der Waals surface area contributed by atoms with E-state index >= 15 is 0 Å². The second kappa shape index (κ2) is 9.65. The number of aryl methyl sites for hydroxylation is 1. The lowest BCUT2D eigenvalue weighted by molar-refractivity contribution is 0.176. The van der Waals surface area contributed by atoms with Crippen molar-refractivity contribution >= 4 is 35.8 Å². The van der Waals surface area contributed by atoms with Gasteiger partial charge in [-0.1, -0.05) is 6.07 Å². The van der Waals surface area contributed by atoms with E-state index in [0.29, 0.717) is 40.5 Å². The van der Waals surface area contributed by atoms with Gasteiger partial charge in [-0.2, -0.15) is 10.2 Å². The third kappa shape index (κ3) is 5.00. The summed E-state index contributed by atoms with van der Waals surface area (Å²) in [5.74, 6) is 1.85. The molecule has 5 rings (SSSR count). The Bertz CT molecular complexity index is 1390. The first kappa shape index (κ1) is 24.4. The van der Waals surface area contributed by atoms with Crippen LogP contribution in [0.1, 0.15) is 54.9 Å². The lowest BCUT2D eigenvalue weighted by atomic mass is 9.77. The van der Waals surface area contributed by atoms with E-state index < -0.39 is 7.14 Å². The van der Waals surface area contributed by atoms with Gasteiger partial charge in [-0.15, -0.1) is 0 Å². The van der Waals surface area contributed by atoms with Gasteiger partial charge in [-0.25, -0.2) is 9.97 Å². The zero-order valence-electron chi connectivity index (χ0n) is 21.2. The molecule has 3 aromatic rings. The van der Waals surface area contributed by atoms with E-state index in [4.69, 9.17) is 0 Å². The van der Waals surface area contributed by atoms with E-state index in [2.05, 4.69) is 62.5 Å². The van der Waals surface area contributed by atoms with Crippen LogP contribution in [0.25, 0.3) is 0 Å². The smallest absolute Gasteiger partial charge is 0.229 e. The maximum Gasteiger partial charge on any atom is 0.229 e. The van der Waals surface area contributed by atoms with E-state index in [1.807, 2.05) is 0 Å². The zero-order valence-corrected chi connectivity index (χ0v) is 22.1. The van der Waals surface area contributed by atoms with Gasteiger partial charge in [-0.3, -0.25) is 4.90 Å². The molecule has 0 amide bonds. The number of hydrogen-bond donors (Lipinski definition) is 2. The van der Waals surface area contributed by atoms with Crippen molar-refractivity contribution in [3.63, 3.8) is 0 Å². The van der Waals surface area contributed by atoms with Crippen LogP contribution < -0.4 is 16.1 Å². The third-order valence-electron chi connectivity index (χ3n) is 7.01. The first-order chi connectivity index (χ1) is 17.2. The minimum absolute atomic E-state index is 0.305. The molecule has 186 valence electrons. The summed E-state index contributed by atoms with van der Waals surface area (Å²) in [6.07, 6.45) is 5.07. The Morgan fingerprint density at radius 3 is 2.72 bits per heavy atom. The standard InChI is InChI=1S/C27H32N7OP/c1-17(2)34-15-19-8-5-7-18-11-22(12-20(16-34)25(18)19)30-27-29-14-21(13-28)26(33-27)32-23-9-6-10-24(31-23)36(3,4)35/h6,9-12,14,17,19H,5,7-8,15-16H2,1-4H3,(H2,29,30,31,32,33). The molecule has 2 N–H and O–H groups in total. The normalized spacial score (nSPS) is 17.4. The fraction of sp³-hybridized carbons (Fsp3) is 0.407. The maximum atomic E-state index is 12.5. The van der Waals surface area contributed by atoms with Gasteiger partial charge in [0.25, 0.3) is 0 Å². The van der Waals surface area contributed by atoms with Crippen LogP contribution in [0.3, 0.4) is 0 Å². The predicted octanol–water partition coefficient (Wildman–Crippen LogP) is 5.12. The average Bonchev–Trinajstić information content (AvgIpc) is 2.84. The molecular weight excluding hydrogens is 469 g/mol. The summed E-state index contributed by atoms with van der Waals surface area (Å²) >= 11 is 0. The SMILES string of the molecule is CC(C)N1Cc2cc(Nc3ncc(C#N)c(Nc4cccc(P(C)(C)=O)n4)n3)cc3c2C(CCC3)C1. The molecule has 2 aliphatic rings. The fourth-order valence-electron chi connectivity index (χ4n) is 5.20. The van der Waals surface area contributed by atoms with Gasteiger partial charge in [0.2, 0.25) is 5.95 Å².